The van der Waals surface area contributed by atoms with Crippen molar-refractivity contribution in [2.75, 3.05) is 6.61 Å². The summed E-state index contributed by atoms with van der Waals surface area (Å²) in [5.74, 6) is -1.30. The highest BCUT2D eigenvalue weighted by Crippen LogP contribution is 2.76. The van der Waals surface area contributed by atoms with Crippen LogP contribution in [0.4, 0.5) is 0 Å². The number of carbonyl (C=O) groups is 2. The monoisotopic (exact) mass is 764 g/mol. The fraction of sp³-hybridized carbons (Fsp3) is 0.902. The van der Waals surface area contributed by atoms with Crippen LogP contribution in [0.2, 0.25) is 0 Å². The van der Waals surface area contributed by atoms with Gasteiger partial charge < -0.3 is 54.7 Å². The van der Waals surface area contributed by atoms with Crippen LogP contribution in [0.15, 0.2) is 11.6 Å². The first-order valence-electron chi connectivity index (χ1n) is 20.2. The number of ether oxygens (including phenoxy) is 4. The molecule has 7 N–H and O–H groups in total. The predicted octanol–water partition coefficient (Wildman–Crippen LogP) is 3.61. The summed E-state index contributed by atoms with van der Waals surface area (Å²) in [6.45, 7) is 15.8. The molecule has 0 aromatic rings. The van der Waals surface area contributed by atoms with Crippen molar-refractivity contribution in [2.24, 2.45) is 50.2 Å². The smallest absolute Gasteiger partial charge is 0.335 e. The van der Waals surface area contributed by atoms with Crippen LogP contribution >= 0.6 is 0 Å². The second-order valence-corrected chi connectivity index (χ2v) is 20.2. The number of carboxylic acid groups (broad SMARTS) is 2. The van der Waals surface area contributed by atoms with Crippen LogP contribution in [-0.2, 0) is 28.5 Å². The van der Waals surface area contributed by atoms with E-state index in [4.69, 9.17) is 18.9 Å². The van der Waals surface area contributed by atoms with Gasteiger partial charge in [0.1, 0.15) is 36.6 Å². The molecule has 2 aliphatic heterocycles. The Bertz CT molecular complexity index is 1510. The molecule has 6 fully saturated rings. The molecule has 306 valence electrons. The highest BCUT2D eigenvalue weighted by Gasteiger charge is 2.70. The molecule has 0 spiro atoms. The Hall–Kier alpha value is -1.68. The maximum absolute atomic E-state index is 13.0. The number of allylic oxidation sites excluding steroid dienone is 1. The topological polar surface area (TPSA) is 213 Å². The van der Waals surface area contributed by atoms with Gasteiger partial charge in [0.2, 0.25) is 0 Å². The molecule has 7 rings (SSSR count). The lowest BCUT2D eigenvalue weighted by Crippen LogP contribution is -2.67. The molecule has 13 heteroatoms. The van der Waals surface area contributed by atoms with Crippen molar-refractivity contribution < 1.29 is 64.3 Å². The zero-order valence-corrected chi connectivity index (χ0v) is 32.9. The summed E-state index contributed by atoms with van der Waals surface area (Å²) in [5, 5.41) is 73.6. The van der Waals surface area contributed by atoms with Crippen LogP contribution in [0.25, 0.3) is 0 Å². The molecule has 4 saturated carbocycles. The molecule has 17 atom stereocenters. The lowest BCUT2D eigenvalue weighted by atomic mass is 9.32. The van der Waals surface area contributed by atoms with Crippen LogP contribution in [0.5, 0.6) is 0 Å². The van der Waals surface area contributed by atoms with E-state index in [2.05, 4.69) is 54.5 Å². The van der Waals surface area contributed by atoms with Gasteiger partial charge in [-0.25, -0.2) is 4.79 Å². The molecule has 0 amide bonds. The van der Waals surface area contributed by atoms with Crippen molar-refractivity contribution in [2.45, 2.75) is 174 Å². The van der Waals surface area contributed by atoms with Gasteiger partial charge in [0, 0.05) is 0 Å². The molecule has 0 radical (unpaired) electrons. The van der Waals surface area contributed by atoms with E-state index in [-0.39, 0.29) is 40.1 Å². The van der Waals surface area contributed by atoms with Crippen LogP contribution in [0.3, 0.4) is 0 Å². The number of aliphatic carboxylic acids is 2. The molecule has 13 nitrogen and oxygen atoms in total. The van der Waals surface area contributed by atoms with E-state index in [0.29, 0.717) is 25.2 Å². The van der Waals surface area contributed by atoms with Gasteiger partial charge >= 0.3 is 11.9 Å². The summed E-state index contributed by atoms with van der Waals surface area (Å²) in [5.41, 5.74) is -0.151. The maximum atomic E-state index is 13.0. The van der Waals surface area contributed by atoms with Gasteiger partial charge in [-0.3, -0.25) is 4.79 Å². The molecule has 7 aliphatic rings. The Kier molecular flexibility index (Phi) is 10.1. The van der Waals surface area contributed by atoms with Crippen LogP contribution in [-0.4, -0.2) is 116 Å². The van der Waals surface area contributed by atoms with E-state index in [1.54, 1.807) is 0 Å². The number of fused-ring (bicyclic) bond motifs is 7. The number of rotatable bonds is 6. The third kappa shape index (κ3) is 5.88. The Morgan fingerprint density at radius 1 is 0.704 bits per heavy atom. The Morgan fingerprint density at radius 3 is 2.06 bits per heavy atom. The lowest BCUT2D eigenvalue weighted by Gasteiger charge is -2.72. The number of carboxylic acids is 2. The molecular formula is C41H64O13. The number of aliphatic hydroxyl groups excluding tert-OH is 5. The molecule has 2 saturated heterocycles. The number of aliphatic hydroxyl groups is 5. The lowest BCUT2D eigenvalue weighted by molar-refractivity contribution is -0.357. The van der Waals surface area contributed by atoms with Gasteiger partial charge in [-0.2, -0.15) is 0 Å². The molecule has 0 aromatic carbocycles. The molecule has 54 heavy (non-hydrogen) atoms. The number of hydrogen-bond donors (Lipinski definition) is 7. The fourth-order valence-electron chi connectivity index (χ4n) is 13.5. The summed E-state index contributed by atoms with van der Waals surface area (Å²) in [4.78, 5) is 25.3. The van der Waals surface area contributed by atoms with Gasteiger partial charge in [0.25, 0.3) is 0 Å². The molecular weight excluding hydrogens is 700 g/mol. The van der Waals surface area contributed by atoms with Crippen molar-refractivity contribution in [3.63, 3.8) is 0 Å². The second kappa shape index (κ2) is 13.4. The standard InChI is InChI=1S/C41H64O13/c1-36(2)14-16-41(35(49)50)17-15-39(6)20(21(41)18-36)8-9-24-38(5)12-11-25(37(3,4)23(38)10-13-40(24,39)7)52-34-29(46)30(28(45)31(54-34)32(47)48)53-33-27(44)26(43)22(42)19-51-33/h18,20,22-31,33-34,42-46H,8-17,19H2,1-7H3,(H,47,48)(H,49,50). The first-order valence-corrected chi connectivity index (χ1v) is 20.2. The van der Waals surface area contributed by atoms with Crippen molar-refractivity contribution in [3.05, 3.63) is 11.6 Å². The van der Waals surface area contributed by atoms with Crippen molar-refractivity contribution in [3.8, 4) is 0 Å². The first-order chi connectivity index (χ1) is 25.0. The molecule has 0 bridgehead atoms. The van der Waals surface area contributed by atoms with Crippen molar-refractivity contribution >= 4 is 11.9 Å². The minimum absolute atomic E-state index is 0.00844. The van der Waals surface area contributed by atoms with Gasteiger partial charge in [-0.15, -0.1) is 0 Å². The maximum Gasteiger partial charge on any atom is 0.335 e. The van der Waals surface area contributed by atoms with Gasteiger partial charge in [0.15, 0.2) is 18.7 Å². The summed E-state index contributed by atoms with van der Waals surface area (Å²) in [6.07, 6.45) is -4.27. The van der Waals surface area contributed by atoms with E-state index in [0.717, 1.165) is 44.9 Å². The third-order valence-corrected chi connectivity index (χ3v) is 16.8. The molecule has 17 unspecified atom stereocenters. The van der Waals surface area contributed by atoms with Gasteiger partial charge in [0.05, 0.1) is 18.1 Å². The van der Waals surface area contributed by atoms with Crippen molar-refractivity contribution in [1.82, 2.24) is 0 Å². The minimum Gasteiger partial charge on any atom is -0.481 e. The average Bonchev–Trinajstić information content (AvgIpc) is 3.08. The predicted molar refractivity (Wildman–Crippen MR) is 192 cm³/mol. The average molecular weight is 765 g/mol. The summed E-state index contributed by atoms with van der Waals surface area (Å²) in [6, 6.07) is 0. The number of hydrogen-bond acceptors (Lipinski definition) is 11. The Morgan fingerprint density at radius 2 is 1.39 bits per heavy atom. The van der Waals surface area contributed by atoms with Gasteiger partial charge in [-0.1, -0.05) is 60.1 Å². The van der Waals surface area contributed by atoms with Crippen LogP contribution in [0.1, 0.15) is 113 Å². The zero-order valence-electron chi connectivity index (χ0n) is 32.9. The van der Waals surface area contributed by atoms with E-state index >= 15 is 0 Å². The third-order valence-electron chi connectivity index (χ3n) is 16.8. The normalized spacial score (nSPS) is 52.4. The SMILES string of the molecule is CC1(C)C=C2C3CCC4C5(C)CCC(OC6OC(C(=O)O)C(O)C(OC7OCC(O)C(O)C7O)C6O)C(C)(C)C5CCC4(C)C3(C)CCC2(C(=O)O)CC1. The highest BCUT2D eigenvalue weighted by molar-refractivity contribution is 5.80. The molecule has 5 aliphatic carbocycles. The summed E-state index contributed by atoms with van der Waals surface area (Å²) >= 11 is 0. The minimum atomic E-state index is -1.86. The Labute approximate surface area is 318 Å². The van der Waals surface area contributed by atoms with Crippen LogP contribution in [0, 0.1) is 50.2 Å². The molecule has 2 heterocycles. The summed E-state index contributed by atoms with van der Waals surface area (Å²) in [7, 11) is 0. The zero-order chi connectivity index (χ0) is 39.6. The first kappa shape index (κ1) is 40.5. The fourth-order valence-corrected chi connectivity index (χ4v) is 13.5. The summed E-state index contributed by atoms with van der Waals surface area (Å²) < 4.78 is 23.4. The highest BCUT2D eigenvalue weighted by atomic mass is 16.7. The van der Waals surface area contributed by atoms with E-state index in [1.807, 2.05) is 0 Å². The Balaban J connectivity index is 1.12. The van der Waals surface area contributed by atoms with E-state index < -0.39 is 84.2 Å². The van der Waals surface area contributed by atoms with E-state index in [9.17, 15) is 45.3 Å². The largest absolute Gasteiger partial charge is 0.481 e. The van der Waals surface area contributed by atoms with Crippen LogP contribution < -0.4 is 0 Å². The quantitative estimate of drug-likeness (QED) is 0.152. The molecule has 0 aromatic heterocycles. The van der Waals surface area contributed by atoms with Gasteiger partial charge in [-0.05, 0) is 109 Å². The second-order valence-electron chi connectivity index (χ2n) is 20.2. The van der Waals surface area contributed by atoms with Crippen molar-refractivity contribution in [1.29, 1.82) is 0 Å². The van der Waals surface area contributed by atoms with E-state index in [1.165, 1.54) is 5.57 Å².